The molecule has 0 radical (unpaired) electrons. The molecule has 1 saturated heterocycles. The molecule has 1 aliphatic heterocycles. The molecule has 1 aromatic heterocycles. The zero-order valence-corrected chi connectivity index (χ0v) is 12.7. The number of likely N-dealkylation sites (tertiary alicyclic amines) is 1. The van der Waals surface area contributed by atoms with Crippen molar-refractivity contribution >= 4 is 17.8 Å². The van der Waals surface area contributed by atoms with Gasteiger partial charge in [0.25, 0.3) is 0 Å². The Balaban J connectivity index is 1.94. The van der Waals surface area contributed by atoms with Gasteiger partial charge >= 0.3 is 0 Å². The molecule has 2 heterocycles. The fraction of sp³-hybridized carbons (Fsp3) is 0.769. The lowest BCUT2D eigenvalue weighted by atomic mass is 10.4. The van der Waals surface area contributed by atoms with Gasteiger partial charge in [-0.05, 0) is 32.9 Å². The average Bonchev–Trinajstić information content (AvgIpc) is 2.92. The summed E-state index contributed by atoms with van der Waals surface area (Å²) < 4.78 is 0. The van der Waals surface area contributed by atoms with Crippen LogP contribution in [0.4, 0.5) is 17.8 Å². The van der Waals surface area contributed by atoms with E-state index in [0.717, 1.165) is 19.6 Å². The zero-order chi connectivity index (χ0) is 14.4. The third kappa shape index (κ3) is 4.19. The molecule has 112 valence electrons. The molecule has 2 N–H and O–H groups in total. The Morgan fingerprint density at radius 3 is 2.30 bits per heavy atom. The second-order valence-electron chi connectivity index (χ2n) is 5.18. The maximum absolute atomic E-state index is 4.41. The number of hydrogen-bond donors (Lipinski definition) is 2. The molecule has 0 spiro atoms. The van der Waals surface area contributed by atoms with Gasteiger partial charge in [-0.15, -0.1) is 0 Å². The van der Waals surface area contributed by atoms with Gasteiger partial charge < -0.3 is 20.4 Å². The van der Waals surface area contributed by atoms with Crippen molar-refractivity contribution < 1.29 is 0 Å². The molecule has 0 bridgehead atoms. The normalized spacial score (nSPS) is 15.3. The van der Waals surface area contributed by atoms with Crippen LogP contribution in [0.25, 0.3) is 0 Å². The van der Waals surface area contributed by atoms with E-state index in [9.17, 15) is 0 Å². The summed E-state index contributed by atoms with van der Waals surface area (Å²) in [5.74, 6) is 1.92. The summed E-state index contributed by atoms with van der Waals surface area (Å²) in [6.07, 6.45) is 2.64. The Morgan fingerprint density at radius 1 is 1.05 bits per heavy atom. The third-order valence-corrected chi connectivity index (χ3v) is 3.27. The van der Waals surface area contributed by atoms with Crippen LogP contribution in [-0.2, 0) is 0 Å². The molecule has 1 aliphatic rings. The van der Waals surface area contributed by atoms with E-state index in [-0.39, 0.29) is 0 Å². The van der Waals surface area contributed by atoms with Crippen molar-refractivity contribution in [3.63, 3.8) is 0 Å². The molecular formula is C13H25N7. The minimum absolute atomic E-state index is 0.620. The lowest BCUT2D eigenvalue weighted by Gasteiger charge is -2.16. The molecular weight excluding hydrogens is 254 g/mol. The Bertz CT molecular complexity index is 415. The van der Waals surface area contributed by atoms with E-state index in [1.165, 1.54) is 25.9 Å². The first-order valence-electron chi connectivity index (χ1n) is 7.32. The molecule has 0 saturated carbocycles. The van der Waals surface area contributed by atoms with E-state index >= 15 is 0 Å². The van der Waals surface area contributed by atoms with Gasteiger partial charge in [-0.25, -0.2) is 0 Å². The van der Waals surface area contributed by atoms with Crippen molar-refractivity contribution in [1.29, 1.82) is 0 Å². The van der Waals surface area contributed by atoms with Crippen molar-refractivity contribution in [1.82, 2.24) is 19.9 Å². The number of rotatable bonds is 7. The Morgan fingerprint density at radius 2 is 1.70 bits per heavy atom. The molecule has 7 heteroatoms. The number of aromatic nitrogens is 3. The highest BCUT2D eigenvalue weighted by Crippen LogP contribution is 2.11. The zero-order valence-electron chi connectivity index (χ0n) is 12.7. The molecule has 20 heavy (non-hydrogen) atoms. The Labute approximate surface area is 120 Å². The first kappa shape index (κ1) is 14.8. The van der Waals surface area contributed by atoms with Gasteiger partial charge in [0.2, 0.25) is 17.8 Å². The molecule has 2 rings (SSSR count). The predicted molar refractivity (Wildman–Crippen MR) is 82.5 cm³/mol. The molecule has 0 aromatic carbocycles. The van der Waals surface area contributed by atoms with Gasteiger partial charge in [0.05, 0.1) is 0 Å². The van der Waals surface area contributed by atoms with E-state index < -0.39 is 0 Å². The summed E-state index contributed by atoms with van der Waals surface area (Å²) in [7, 11) is 3.86. The minimum Gasteiger partial charge on any atom is -0.354 e. The van der Waals surface area contributed by atoms with Crippen LogP contribution >= 0.6 is 0 Å². The van der Waals surface area contributed by atoms with Crippen LogP contribution in [0.2, 0.25) is 0 Å². The second-order valence-corrected chi connectivity index (χ2v) is 5.18. The van der Waals surface area contributed by atoms with Gasteiger partial charge in [0, 0.05) is 33.7 Å². The summed E-state index contributed by atoms with van der Waals surface area (Å²) >= 11 is 0. The highest BCUT2D eigenvalue weighted by Gasteiger charge is 2.11. The van der Waals surface area contributed by atoms with Crippen molar-refractivity contribution in [2.45, 2.75) is 19.8 Å². The van der Waals surface area contributed by atoms with Gasteiger partial charge in [0.15, 0.2) is 0 Å². The molecule has 0 unspecified atom stereocenters. The summed E-state index contributed by atoms with van der Waals surface area (Å²) in [6.45, 7) is 7.15. The van der Waals surface area contributed by atoms with Crippen molar-refractivity contribution in [2.75, 3.05) is 62.4 Å². The van der Waals surface area contributed by atoms with Crippen LogP contribution in [0.3, 0.4) is 0 Å². The van der Waals surface area contributed by atoms with Crippen LogP contribution in [0.5, 0.6) is 0 Å². The highest BCUT2D eigenvalue weighted by molar-refractivity contribution is 5.42. The van der Waals surface area contributed by atoms with Crippen molar-refractivity contribution in [2.24, 2.45) is 0 Å². The lowest BCUT2D eigenvalue weighted by Crippen LogP contribution is -2.26. The van der Waals surface area contributed by atoms with Crippen LogP contribution in [0.1, 0.15) is 19.8 Å². The SMILES string of the molecule is CCNc1nc(NCCN2CCCC2)nc(N(C)C)n1. The summed E-state index contributed by atoms with van der Waals surface area (Å²) in [5, 5.41) is 6.43. The highest BCUT2D eigenvalue weighted by atomic mass is 15.3. The first-order valence-corrected chi connectivity index (χ1v) is 7.32. The maximum atomic E-state index is 4.41. The lowest BCUT2D eigenvalue weighted by molar-refractivity contribution is 0.352. The maximum Gasteiger partial charge on any atom is 0.231 e. The smallest absolute Gasteiger partial charge is 0.231 e. The Hall–Kier alpha value is -1.63. The van der Waals surface area contributed by atoms with Crippen LogP contribution in [0.15, 0.2) is 0 Å². The summed E-state index contributed by atoms with van der Waals surface area (Å²) in [5.41, 5.74) is 0. The molecule has 0 atom stereocenters. The van der Waals surface area contributed by atoms with Crippen LogP contribution < -0.4 is 15.5 Å². The number of nitrogens with zero attached hydrogens (tertiary/aromatic N) is 5. The number of hydrogen-bond acceptors (Lipinski definition) is 7. The molecule has 0 amide bonds. The van der Waals surface area contributed by atoms with E-state index in [1.807, 2.05) is 25.9 Å². The van der Waals surface area contributed by atoms with Crippen molar-refractivity contribution in [3.05, 3.63) is 0 Å². The molecule has 1 fully saturated rings. The molecule has 0 aliphatic carbocycles. The minimum atomic E-state index is 0.620. The van der Waals surface area contributed by atoms with Gasteiger partial charge in [-0.3, -0.25) is 0 Å². The van der Waals surface area contributed by atoms with Crippen LogP contribution in [-0.4, -0.2) is 66.7 Å². The van der Waals surface area contributed by atoms with Gasteiger partial charge in [-0.2, -0.15) is 15.0 Å². The van der Waals surface area contributed by atoms with Gasteiger partial charge in [-0.1, -0.05) is 0 Å². The molecule has 1 aromatic rings. The summed E-state index contributed by atoms with van der Waals surface area (Å²) in [6, 6.07) is 0. The van der Waals surface area contributed by atoms with E-state index in [0.29, 0.717) is 17.8 Å². The quantitative estimate of drug-likeness (QED) is 0.767. The fourth-order valence-corrected chi connectivity index (χ4v) is 2.21. The summed E-state index contributed by atoms with van der Waals surface area (Å²) in [4.78, 5) is 17.5. The van der Waals surface area contributed by atoms with Crippen LogP contribution in [0, 0.1) is 0 Å². The first-order chi connectivity index (χ1) is 9.69. The second kappa shape index (κ2) is 7.23. The Kier molecular flexibility index (Phi) is 5.34. The van der Waals surface area contributed by atoms with E-state index in [2.05, 4.69) is 30.5 Å². The van der Waals surface area contributed by atoms with Gasteiger partial charge in [0.1, 0.15) is 0 Å². The molecule has 7 nitrogen and oxygen atoms in total. The van der Waals surface area contributed by atoms with Crippen molar-refractivity contribution in [3.8, 4) is 0 Å². The topological polar surface area (TPSA) is 69.2 Å². The number of nitrogens with one attached hydrogen (secondary N) is 2. The van der Waals surface area contributed by atoms with E-state index in [4.69, 9.17) is 0 Å². The largest absolute Gasteiger partial charge is 0.354 e. The predicted octanol–water partition coefficient (Wildman–Crippen LogP) is 0.877. The number of anilines is 3. The standard InChI is InChI=1S/C13H25N7/c1-4-14-11-16-12(18-13(17-11)19(2)3)15-7-10-20-8-5-6-9-20/h4-10H2,1-3H3,(H2,14,15,16,17,18). The average molecular weight is 279 g/mol. The monoisotopic (exact) mass is 279 g/mol. The fourth-order valence-electron chi connectivity index (χ4n) is 2.21. The third-order valence-electron chi connectivity index (χ3n) is 3.27. The van der Waals surface area contributed by atoms with E-state index in [1.54, 1.807) is 0 Å².